The monoisotopic (exact) mass is 264 g/mol. The molecule has 0 amide bonds. The quantitative estimate of drug-likeness (QED) is 0.874. The number of hydrogen-bond acceptors (Lipinski definition) is 4. The van der Waals surface area contributed by atoms with Crippen LogP contribution in [0.1, 0.15) is 5.56 Å². The third-order valence-electron chi connectivity index (χ3n) is 3.53. The molecule has 0 unspecified atom stereocenters. The predicted molar refractivity (Wildman–Crippen MR) is 82.6 cm³/mol. The van der Waals surface area contributed by atoms with Crippen molar-refractivity contribution in [3.63, 3.8) is 0 Å². The molecular formula is C16H16N4. The van der Waals surface area contributed by atoms with E-state index in [0.717, 1.165) is 35.8 Å². The van der Waals surface area contributed by atoms with Gasteiger partial charge in [0.25, 0.3) is 0 Å². The van der Waals surface area contributed by atoms with E-state index in [1.807, 2.05) is 25.2 Å². The summed E-state index contributed by atoms with van der Waals surface area (Å²) in [6, 6.07) is 16.3. The summed E-state index contributed by atoms with van der Waals surface area (Å²) in [7, 11) is 1.92. The second kappa shape index (κ2) is 5.14. The van der Waals surface area contributed by atoms with Gasteiger partial charge in [0.2, 0.25) is 0 Å². The van der Waals surface area contributed by atoms with Gasteiger partial charge < -0.3 is 15.5 Å². The highest BCUT2D eigenvalue weighted by atomic mass is 15.2. The number of nitrogens with one attached hydrogen (secondary N) is 2. The molecule has 4 nitrogen and oxygen atoms in total. The molecule has 2 aromatic rings. The molecule has 4 heteroatoms. The molecule has 0 atom stereocenters. The Bertz CT molecular complexity index is 655. The summed E-state index contributed by atoms with van der Waals surface area (Å²) in [5.74, 6) is 0. The Balaban J connectivity index is 1.98. The molecule has 1 aliphatic rings. The van der Waals surface area contributed by atoms with Crippen molar-refractivity contribution >= 4 is 22.7 Å². The average molecular weight is 264 g/mol. The van der Waals surface area contributed by atoms with Crippen molar-refractivity contribution in [1.82, 2.24) is 0 Å². The van der Waals surface area contributed by atoms with Crippen molar-refractivity contribution < 1.29 is 0 Å². The summed E-state index contributed by atoms with van der Waals surface area (Å²) in [6.45, 7) is 1.79. The molecule has 0 aliphatic carbocycles. The highest BCUT2D eigenvalue weighted by molar-refractivity contribution is 5.80. The molecule has 0 fully saturated rings. The van der Waals surface area contributed by atoms with Crippen LogP contribution in [0.3, 0.4) is 0 Å². The zero-order valence-corrected chi connectivity index (χ0v) is 11.4. The van der Waals surface area contributed by atoms with E-state index in [9.17, 15) is 0 Å². The molecular weight excluding hydrogens is 248 g/mol. The molecule has 3 rings (SSSR count). The fraction of sp³-hybridized carbons (Fsp3) is 0.188. The lowest BCUT2D eigenvalue weighted by Crippen LogP contribution is -2.30. The highest BCUT2D eigenvalue weighted by Gasteiger charge is 2.18. The summed E-state index contributed by atoms with van der Waals surface area (Å²) in [4.78, 5) is 2.27. The fourth-order valence-corrected chi connectivity index (χ4v) is 2.48. The Morgan fingerprint density at radius 1 is 1.20 bits per heavy atom. The Labute approximate surface area is 118 Å². The van der Waals surface area contributed by atoms with Crippen LogP contribution in [-0.4, -0.2) is 20.1 Å². The first-order chi connectivity index (χ1) is 9.81. The minimum absolute atomic E-state index is 0.684. The van der Waals surface area contributed by atoms with Gasteiger partial charge in [0.05, 0.1) is 23.0 Å². The lowest BCUT2D eigenvalue weighted by molar-refractivity contribution is 0.926. The molecule has 0 aromatic heterocycles. The highest BCUT2D eigenvalue weighted by Crippen LogP contribution is 2.35. The Morgan fingerprint density at radius 3 is 2.70 bits per heavy atom. The number of fused-ring (bicyclic) bond motifs is 1. The van der Waals surface area contributed by atoms with Crippen LogP contribution in [0.4, 0.5) is 22.7 Å². The van der Waals surface area contributed by atoms with Crippen LogP contribution in [0, 0.1) is 11.3 Å². The second-order valence-corrected chi connectivity index (χ2v) is 4.72. The van der Waals surface area contributed by atoms with E-state index < -0.39 is 0 Å². The van der Waals surface area contributed by atoms with E-state index in [1.165, 1.54) is 0 Å². The number of hydrogen-bond donors (Lipinski definition) is 2. The second-order valence-electron chi connectivity index (χ2n) is 4.72. The van der Waals surface area contributed by atoms with Gasteiger partial charge in [-0.2, -0.15) is 5.26 Å². The lowest BCUT2D eigenvalue weighted by atomic mass is 10.1. The number of nitrogens with zero attached hydrogens (tertiary/aromatic N) is 2. The maximum atomic E-state index is 8.98. The SMILES string of the molecule is CNc1ccc(N2CCNc3cc(C#N)ccc32)cc1. The molecule has 0 radical (unpaired) electrons. The lowest BCUT2D eigenvalue weighted by Gasteiger charge is -2.32. The summed E-state index contributed by atoms with van der Waals surface area (Å²) in [5.41, 5.74) is 5.09. The molecule has 0 saturated heterocycles. The first-order valence-corrected chi connectivity index (χ1v) is 6.65. The molecule has 0 bridgehead atoms. The van der Waals surface area contributed by atoms with E-state index >= 15 is 0 Å². The van der Waals surface area contributed by atoms with Crippen LogP contribution in [0.5, 0.6) is 0 Å². The van der Waals surface area contributed by atoms with E-state index in [0.29, 0.717) is 5.56 Å². The van der Waals surface area contributed by atoms with Gasteiger partial charge in [0.15, 0.2) is 0 Å². The minimum Gasteiger partial charge on any atom is -0.388 e. The predicted octanol–water partition coefficient (Wildman–Crippen LogP) is 3.16. The zero-order valence-electron chi connectivity index (χ0n) is 11.4. The topological polar surface area (TPSA) is 51.1 Å². The first kappa shape index (κ1) is 12.4. The molecule has 1 aliphatic heterocycles. The maximum Gasteiger partial charge on any atom is 0.0992 e. The van der Waals surface area contributed by atoms with E-state index in [4.69, 9.17) is 5.26 Å². The summed E-state index contributed by atoms with van der Waals surface area (Å²) in [6.07, 6.45) is 0. The van der Waals surface area contributed by atoms with Gasteiger partial charge >= 0.3 is 0 Å². The van der Waals surface area contributed by atoms with Gasteiger partial charge in [-0.05, 0) is 42.5 Å². The first-order valence-electron chi connectivity index (χ1n) is 6.65. The summed E-state index contributed by atoms with van der Waals surface area (Å²) < 4.78 is 0. The molecule has 20 heavy (non-hydrogen) atoms. The van der Waals surface area contributed by atoms with Gasteiger partial charge in [-0.15, -0.1) is 0 Å². The Morgan fingerprint density at radius 2 is 2.00 bits per heavy atom. The number of benzene rings is 2. The van der Waals surface area contributed by atoms with Gasteiger partial charge in [-0.3, -0.25) is 0 Å². The molecule has 0 saturated carbocycles. The smallest absolute Gasteiger partial charge is 0.0992 e. The van der Waals surface area contributed by atoms with E-state index in [2.05, 4.69) is 45.9 Å². The largest absolute Gasteiger partial charge is 0.388 e. The minimum atomic E-state index is 0.684. The number of nitriles is 1. The summed E-state index contributed by atoms with van der Waals surface area (Å²) >= 11 is 0. The van der Waals surface area contributed by atoms with Crippen molar-refractivity contribution in [1.29, 1.82) is 5.26 Å². The summed E-state index contributed by atoms with van der Waals surface area (Å²) in [5, 5.41) is 15.5. The molecule has 2 aromatic carbocycles. The molecule has 100 valence electrons. The Hall–Kier alpha value is -2.67. The maximum absolute atomic E-state index is 8.98. The van der Waals surface area contributed by atoms with Gasteiger partial charge in [0.1, 0.15) is 0 Å². The molecule has 1 heterocycles. The van der Waals surface area contributed by atoms with Crippen LogP contribution < -0.4 is 15.5 Å². The van der Waals surface area contributed by atoms with E-state index in [-0.39, 0.29) is 0 Å². The van der Waals surface area contributed by atoms with Crippen LogP contribution >= 0.6 is 0 Å². The van der Waals surface area contributed by atoms with Crippen LogP contribution in [-0.2, 0) is 0 Å². The number of rotatable bonds is 2. The van der Waals surface area contributed by atoms with Crippen molar-refractivity contribution in [3.05, 3.63) is 48.0 Å². The van der Waals surface area contributed by atoms with Gasteiger partial charge in [-0.25, -0.2) is 0 Å². The van der Waals surface area contributed by atoms with Crippen LogP contribution in [0.25, 0.3) is 0 Å². The van der Waals surface area contributed by atoms with Gasteiger partial charge in [-0.1, -0.05) is 0 Å². The van der Waals surface area contributed by atoms with Crippen molar-refractivity contribution in [2.24, 2.45) is 0 Å². The zero-order chi connectivity index (χ0) is 13.9. The normalized spacial score (nSPS) is 13.1. The van der Waals surface area contributed by atoms with E-state index in [1.54, 1.807) is 0 Å². The molecule has 2 N–H and O–H groups in total. The third kappa shape index (κ3) is 2.14. The fourth-order valence-electron chi connectivity index (χ4n) is 2.48. The van der Waals surface area contributed by atoms with Crippen molar-refractivity contribution in [2.75, 3.05) is 35.7 Å². The molecule has 0 spiro atoms. The van der Waals surface area contributed by atoms with Crippen molar-refractivity contribution in [3.8, 4) is 6.07 Å². The van der Waals surface area contributed by atoms with Gasteiger partial charge in [0, 0.05) is 31.5 Å². The number of anilines is 4. The van der Waals surface area contributed by atoms with Crippen LogP contribution in [0.2, 0.25) is 0 Å². The third-order valence-corrected chi connectivity index (χ3v) is 3.53. The van der Waals surface area contributed by atoms with Crippen LogP contribution in [0.15, 0.2) is 42.5 Å². The standard InChI is InChI=1S/C16H16N4/c1-18-13-3-5-14(6-4-13)20-9-8-19-15-10-12(11-17)2-7-16(15)20/h2-7,10,18-19H,8-9H2,1H3. The van der Waals surface area contributed by atoms with Crippen molar-refractivity contribution in [2.45, 2.75) is 0 Å². The average Bonchev–Trinajstić information content (AvgIpc) is 2.54. The Kier molecular flexibility index (Phi) is 3.18.